The van der Waals surface area contributed by atoms with Crippen molar-refractivity contribution in [1.82, 2.24) is 4.57 Å². The Morgan fingerprint density at radius 3 is 2.34 bits per heavy atom. The van der Waals surface area contributed by atoms with Crippen molar-refractivity contribution in [2.24, 2.45) is 0 Å². The molecule has 0 atom stereocenters. The minimum absolute atomic E-state index is 0.212. The highest BCUT2D eigenvalue weighted by atomic mass is 16.5. The van der Waals surface area contributed by atoms with E-state index in [0.717, 1.165) is 23.0 Å². The number of rotatable bonds is 7. The first-order valence-corrected chi connectivity index (χ1v) is 12.1. The van der Waals surface area contributed by atoms with Crippen molar-refractivity contribution in [2.45, 2.75) is 20.4 Å². The number of ketones is 1. The van der Waals surface area contributed by atoms with Crippen LogP contribution in [-0.2, 0) is 6.54 Å². The SMILES string of the molecule is CCn1cc(/C=C2\Oc3c(ccc(OC(=O)c4cc(OC)c(OC)c(OC)c4)c3C)C2=O)c2ccccc21. The first kappa shape index (κ1) is 25.0. The highest BCUT2D eigenvalue weighted by Gasteiger charge is 2.31. The molecule has 0 saturated heterocycles. The standard InChI is InChI=1S/C30H27NO7/c1-6-31-16-19(20-9-7-8-10-22(20)31)15-24-27(32)21-11-12-23(17(2)28(21)37-24)38-30(33)18-13-25(34-3)29(36-5)26(14-18)35-4/h7-16H,6H2,1-5H3/b24-15-. The first-order chi connectivity index (χ1) is 18.4. The van der Waals surface area contributed by atoms with Gasteiger partial charge in [-0.1, -0.05) is 18.2 Å². The number of nitrogens with zero attached hydrogens (tertiary/aromatic N) is 1. The monoisotopic (exact) mass is 513 g/mol. The van der Waals surface area contributed by atoms with Crippen LogP contribution in [0.15, 0.2) is 60.5 Å². The molecule has 38 heavy (non-hydrogen) atoms. The zero-order valence-corrected chi connectivity index (χ0v) is 21.8. The van der Waals surface area contributed by atoms with E-state index in [1.165, 1.54) is 33.5 Å². The van der Waals surface area contributed by atoms with Crippen molar-refractivity contribution >= 4 is 28.7 Å². The molecule has 194 valence electrons. The lowest BCUT2D eigenvalue weighted by Crippen LogP contribution is -2.10. The molecule has 0 aliphatic carbocycles. The van der Waals surface area contributed by atoms with E-state index in [9.17, 15) is 9.59 Å². The summed E-state index contributed by atoms with van der Waals surface area (Å²) < 4.78 is 29.8. The molecule has 0 unspecified atom stereocenters. The Labute approximate surface area is 219 Å². The number of allylic oxidation sites excluding steroid dienone is 1. The quantitative estimate of drug-likeness (QED) is 0.175. The molecule has 0 saturated carbocycles. The fraction of sp³-hybridized carbons (Fsp3) is 0.200. The van der Waals surface area contributed by atoms with E-state index < -0.39 is 5.97 Å². The average molecular weight is 514 g/mol. The highest BCUT2D eigenvalue weighted by Crippen LogP contribution is 2.41. The topological polar surface area (TPSA) is 85.2 Å². The van der Waals surface area contributed by atoms with Crippen LogP contribution in [0.25, 0.3) is 17.0 Å². The maximum Gasteiger partial charge on any atom is 0.343 e. The largest absolute Gasteiger partial charge is 0.493 e. The van der Waals surface area contributed by atoms with Crippen molar-refractivity contribution < 1.29 is 33.3 Å². The van der Waals surface area contributed by atoms with Gasteiger partial charge in [-0.25, -0.2) is 4.79 Å². The second kappa shape index (κ2) is 9.97. The number of benzene rings is 3. The van der Waals surface area contributed by atoms with Crippen LogP contribution >= 0.6 is 0 Å². The molecule has 2 heterocycles. The van der Waals surface area contributed by atoms with Crippen LogP contribution in [0.5, 0.6) is 28.7 Å². The summed E-state index contributed by atoms with van der Waals surface area (Å²) in [5, 5.41) is 1.03. The van der Waals surface area contributed by atoms with E-state index in [0.29, 0.717) is 34.1 Å². The number of carbonyl (C=O) groups is 2. The Hall–Kier alpha value is -4.72. The van der Waals surface area contributed by atoms with Crippen molar-refractivity contribution in [2.75, 3.05) is 21.3 Å². The molecule has 4 aromatic rings. The van der Waals surface area contributed by atoms with E-state index in [4.69, 9.17) is 23.7 Å². The molecule has 1 aliphatic rings. The number of Topliss-reactive ketones (excluding diaryl/α,β-unsaturated/α-hetero) is 1. The minimum Gasteiger partial charge on any atom is -0.493 e. The van der Waals surface area contributed by atoms with Crippen LogP contribution in [0.4, 0.5) is 0 Å². The number of hydrogen-bond acceptors (Lipinski definition) is 7. The summed E-state index contributed by atoms with van der Waals surface area (Å²) in [6.07, 6.45) is 3.77. The molecule has 0 spiro atoms. The number of aromatic nitrogens is 1. The van der Waals surface area contributed by atoms with Crippen molar-refractivity contribution in [3.8, 4) is 28.7 Å². The van der Waals surface area contributed by atoms with Crippen molar-refractivity contribution in [3.63, 3.8) is 0 Å². The summed E-state index contributed by atoms with van der Waals surface area (Å²) in [5.74, 6) is 1.05. The van der Waals surface area contributed by atoms with Crippen LogP contribution in [0.2, 0.25) is 0 Å². The Bertz CT molecular complexity index is 1590. The van der Waals surface area contributed by atoms with Gasteiger partial charge in [0.15, 0.2) is 17.3 Å². The van der Waals surface area contributed by atoms with Gasteiger partial charge in [-0.3, -0.25) is 4.79 Å². The fourth-order valence-electron chi connectivity index (χ4n) is 4.63. The third-order valence-electron chi connectivity index (χ3n) is 6.59. The molecular formula is C30H27NO7. The number of hydrogen-bond donors (Lipinski definition) is 0. The molecule has 0 radical (unpaired) electrons. The summed E-state index contributed by atoms with van der Waals surface area (Å²) in [6, 6.07) is 14.3. The molecular weight excluding hydrogens is 486 g/mol. The molecule has 0 amide bonds. The van der Waals surface area contributed by atoms with Crippen LogP contribution in [0.1, 0.15) is 38.8 Å². The third-order valence-corrected chi connectivity index (χ3v) is 6.59. The summed E-state index contributed by atoms with van der Waals surface area (Å²) >= 11 is 0. The lowest BCUT2D eigenvalue weighted by molar-refractivity contribution is 0.0732. The number of methoxy groups -OCH3 is 3. The molecule has 0 fully saturated rings. The van der Waals surface area contributed by atoms with Gasteiger partial charge in [0.2, 0.25) is 11.5 Å². The highest BCUT2D eigenvalue weighted by molar-refractivity contribution is 6.15. The Morgan fingerprint density at radius 2 is 1.68 bits per heavy atom. The van der Waals surface area contributed by atoms with Gasteiger partial charge in [0, 0.05) is 34.8 Å². The second-order valence-corrected chi connectivity index (χ2v) is 8.70. The van der Waals surface area contributed by atoms with E-state index in [1.807, 2.05) is 30.5 Å². The van der Waals surface area contributed by atoms with Crippen LogP contribution in [0, 0.1) is 6.92 Å². The molecule has 5 rings (SSSR count). The van der Waals surface area contributed by atoms with Gasteiger partial charge >= 0.3 is 5.97 Å². The van der Waals surface area contributed by atoms with Crippen LogP contribution < -0.4 is 23.7 Å². The van der Waals surface area contributed by atoms with Gasteiger partial charge in [-0.2, -0.15) is 0 Å². The van der Waals surface area contributed by atoms with Crippen LogP contribution in [-0.4, -0.2) is 37.6 Å². The maximum atomic E-state index is 13.2. The van der Waals surface area contributed by atoms with Crippen molar-refractivity contribution in [1.29, 1.82) is 0 Å². The molecule has 0 N–H and O–H groups in total. The van der Waals surface area contributed by atoms with E-state index in [2.05, 4.69) is 11.5 Å². The number of aryl methyl sites for hydroxylation is 1. The predicted molar refractivity (Wildman–Crippen MR) is 143 cm³/mol. The molecule has 1 aromatic heterocycles. The summed E-state index contributed by atoms with van der Waals surface area (Å²) in [7, 11) is 4.42. The Kier molecular flexibility index (Phi) is 6.55. The summed E-state index contributed by atoms with van der Waals surface area (Å²) in [6.45, 7) is 4.62. The van der Waals surface area contributed by atoms with E-state index in [1.54, 1.807) is 25.1 Å². The third kappa shape index (κ3) is 4.14. The normalized spacial score (nSPS) is 13.4. The van der Waals surface area contributed by atoms with Gasteiger partial charge in [-0.05, 0) is 50.3 Å². The average Bonchev–Trinajstić information content (AvgIpc) is 3.46. The van der Waals surface area contributed by atoms with Gasteiger partial charge in [0.25, 0.3) is 0 Å². The maximum absolute atomic E-state index is 13.2. The molecule has 3 aromatic carbocycles. The zero-order valence-electron chi connectivity index (χ0n) is 21.8. The number of esters is 1. The van der Waals surface area contributed by atoms with Gasteiger partial charge in [-0.15, -0.1) is 0 Å². The molecule has 1 aliphatic heterocycles. The number of carbonyl (C=O) groups excluding carboxylic acids is 2. The fourth-order valence-corrected chi connectivity index (χ4v) is 4.63. The Morgan fingerprint density at radius 1 is 0.974 bits per heavy atom. The second-order valence-electron chi connectivity index (χ2n) is 8.70. The molecule has 8 nitrogen and oxygen atoms in total. The first-order valence-electron chi connectivity index (χ1n) is 12.1. The summed E-state index contributed by atoms with van der Waals surface area (Å²) in [4.78, 5) is 26.2. The minimum atomic E-state index is -0.625. The number of fused-ring (bicyclic) bond motifs is 2. The smallest absolute Gasteiger partial charge is 0.343 e. The summed E-state index contributed by atoms with van der Waals surface area (Å²) in [5.41, 5.74) is 3.15. The predicted octanol–water partition coefficient (Wildman–Crippen LogP) is 5.83. The van der Waals surface area contributed by atoms with Gasteiger partial charge < -0.3 is 28.3 Å². The van der Waals surface area contributed by atoms with E-state index in [-0.39, 0.29) is 22.9 Å². The number of ether oxygens (including phenoxy) is 5. The Balaban J connectivity index is 1.45. The molecule has 8 heteroatoms. The van der Waals surface area contributed by atoms with Crippen LogP contribution in [0.3, 0.4) is 0 Å². The van der Waals surface area contributed by atoms with E-state index >= 15 is 0 Å². The zero-order chi connectivity index (χ0) is 27.0. The van der Waals surface area contributed by atoms with Gasteiger partial charge in [0.1, 0.15) is 11.5 Å². The lowest BCUT2D eigenvalue weighted by atomic mass is 10.1. The molecule has 0 bridgehead atoms. The number of para-hydroxylation sites is 1. The lowest BCUT2D eigenvalue weighted by Gasteiger charge is -2.14. The van der Waals surface area contributed by atoms with Crippen molar-refractivity contribution in [3.05, 3.63) is 82.7 Å². The van der Waals surface area contributed by atoms with Gasteiger partial charge in [0.05, 0.1) is 32.5 Å².